The summed E-state index contributed by atoms with van der Waals surface area (Å²) in [6.45, 7) is 0. The molecule has 156 valence electrons. The Balaban J connectivity index is 1.72. The Morgan fingerprint density at radius 3 is 2.32 bits per heavy atom. The van der Waals surface area contributed by atoms with Crippen molar-refractivity contribution < 1.29 is 14.3 Å². The molecule has 0 fully saturated rings. The lowest BCUT2D eigenvalue weighted by Gasteiger charge is -2.07. The predicted octanol–water partition coefficient (Wildman–Crippen LogP) is 4.97. The highest BCUT2D eigenvalue weighted by atomic mass is 79.9. The van der Waals surface area contributed by atoms with Crippen LogP contribution in [0.15, 0.2) is 77.3 Å². The zero-order chi connectivity index (χ0) is 21.8. The molecule has 7 nitrogen and oxygen atoms in total. The smallest absolute Gasteiger partial charge is 0.295 e. The fourth-order valence-corrected chi connectivity index (χ4v) is 3.25. The average molecular weight is 479 g/mol. The van der Waals surface area contributed by atoms with Crippen molar-refractivity contribution in [1.29, 1.82) is 0 Å². The number of hydrogen-bond donors (Lipinski definition) is 1. The van der Waals surface area contributed by atoms with Crippen LogP contribution < -0.4 is 14.8 Å². The number of halogens is 1. The quantitative estimate of drug-likeness (QED) is 0.423. The summed E-state index contributed by atoms with van der Waals surface area (Å²) in [6.07, 6.45) is 0. The monoisotopic (exact) mass is 478 g/mol. The average Bonchev–Trinajstić information content (AvgIpc) is 3.25. The first-order valence-electron chi connectivity index (χ1n) is 9.40. The first kappa shape index (κ1) is 20.6. The minimum absolute atomic E-state index is 0.0524. The number of carbonyl (C=O) groups excluding carboxylic acids is 1. The van der Waals surface area contributed by atoms with E-state index in [-0.39, 0.29) is 5.82 Å². The zero-order valence-corrected chi connectivity index (χ0v) is 18.5. The summed E-state index contributed by atoms with van der Waals surface area (Å²) >= 11 is 3.44. The summed E-state index contributed by atoms with van der Waals surface area (Å²) in [6, 6.07) is 22.1. The molecule has 0 aliphatic heterocycles. The minimum atomic E-state index is -0.418. The first-order valence-corrected chi connectivity index (χ1v) is 10.2. The van der Waals surface area contributed by atoms with Gasteiger partial charge in [-0.1, -0.05) is 34.1 Å². The van der Waals surface area contributed by atoms with Gasteiger partial charge in [0, 0.05) is 21.8 Å². The number of ether oxygens (including phenoxy) is 2. The topological polar surface area (TPSA) is 78.3 Å². The summed E-state index contributed by atoms with van der Waals surface area (Å²) in [5.41, 5.74) is 2.17. The molecule has 0 saturated carbocycles. The highest BCUT2D eigenvalue weighted by molar-refractivity contribution is 9.10. The number of methoxy groups -OCH3 is 2. The number of amides is 1. The van der Waals surface area contributed by atoms with E-state index in [1.807, 2.05) is 48.5 Å². The summed E-state index contributed by atoms with van der Waals surface area (Å²) in [7, 11) is 3.18. The zero-order valence-electron chi connectivity index (χ0n) is 16.9. The van der Waals surface area contributed by atoms with E-state index in [1.54, 1.807) is 43.2 Å². The molecule has 1 amide bonds. The van der Waals surface area contributed by atoms with Crippen molar-refractivity contribution in [3.05, 3.63) is 83.1 Å². The Morgan fingerprint density at radius 2 is 1.65 bits per heavy atom. The predicted molar refractivity (Wildman–Crippen MR) is 122 cm³/mol. The fraction of sp³-hybridized carbons (Fsp3) is 0.0870. The van der Waals surface area contributed by atoms with Crippen LogP contribution in [0.4, 0.5) is 5.69 Å². The van der Waals surface area contributed by atoms with Crippen LogP contribution in [0.25, 0.3) is 17.1 Å². The van der Waals surface area contributed by atoms with E-state index in [9.17, 15) is 4.79 Å². The lowest BCUT2D eigenvalue weighted by Crippen LogP contribution is -2.14. The van der Waals surface area contributed by atoms with E-state index in [0.717, 1.165) is 21.5 Å². The molecule has 0 radical (unpaired) electrons. The van der Waals surface area contributed by atoms with Crippen molar-refractivity contribution in [1.82, 2.24) is 14.8 Å². The van der Waals surface area contributed by atoms with Gasteiger partial charge in [0.05, 0.1) is 19.9 Å². The van der Waals surface area contributed by atoms with E-state index in [0.29, 0.717) is 17.3 Å². The maximum Gasteiger partial charge on any atom is 0.295 e. The molecule has 0 unspecified atom stereocenters. The molecule has 0 spiro atoms. The second-order valence-electron chi connectivity index (χ2n) is 6.56. The van der Waals surface area contributed by atoms with Gasteiger partial charge in [-0.25, -0.2) is 9.67 Å². The van der Waals surface area contributed by atoms with Gasteiger partial charge in [-0.05, 0) is 48.5 Å². The maximum atomic E-state index is 12.9. The Bertz CT molecular complexity index is 1200. The minimum Gasteiger partial charge on any atom is -0.497 e. The van der Waals surface area contributed by atoms with Gasteiger partial charge < -0.3 is 14.8 Å². The van der Waals surface area contributed by atoms with Gasteiger partial charge in [0.25, 0.3) is 5.91 Å². The molecule has 4 aromatic rings. The third kappa shape index (κ3) is 4.59. The van der Waals surface area contributed by atoms with Crippen LogP contribution in [0.1, 0.15) is 10.6 Å². The van der Waals surface area contributed by atoms with Gasteiger partial charge >= 0.3 is 0 Å². The Kier molecular flexibility index (Phi) is 5.99. The van der Waals surface area contributed by atoms with Crippen LogP contribution in [-0.2, 0) is 0 Å². The molecule has 1 aromatic heterocycles. The molecule has 4 rings (SSSR count). The summed E-state index contributed by atoms with van der Waals surface area (Å²) in [4.78, 5) is 17.4. The number of hydrogen-bond acceptors (Lipinski definition) is 5. The SMILES string of the molecule is COc1ccc(-n2nc(C(=O)Nc3cccc(OC)c3)nc2-c2ccc(Br)cc2)cc1. The third-order valence-electron chi connectivity index (χ3n) is 4.56. The number of aromatic nitrogens is 3. The Labute approximate surface area is 187 Å². The summed E-state index contributed by atoms with van der Waals surface area (Å²) in [5, 5.41) is 7.30. The second-order valence-corrected chi connectivity index (χ2v) is 7.48. The van der Waals surface area contributed by atoms with E-state index < -0.39 is 5.91 Å². The lowest BCUT2D eigenvalue weighted by molar-refractivity contribution is 0.101. The van der Waals surface area contributed by atoms with Gasteiger partial charge in [-0.3, -0.25) is 4.79 Å². The van der Waals surface area contributed by atoms with Gasteiger partial charge in [0.2, 0.25) is 5.82 Å². The molecule has 0 aliphatic rings. The van der Waals surface area contributed by atoms with Gasteiger partial charge in [0.1, 0.15) is 11.5 Å². The second kappa shape index (κ2) is 9.01. The van der Waals surface area contributed by atoms with Crippen LogP contribution in [0.2, 0.25) is 0 Å². The Hall–Kier alpha value is -3.65. The van der Waals surface area contributed by atoms with Gasteiger partial charge in [-0.15, -0.1) is 5.10 Å². The number of carbonyl (C=O) groups is 1. The summed E-state index contributed by atoms with van der Waals surface area (Å²) < 4.78 is 13.0. The van der Waals surface area contributed by atoms with Crippen molar-refractivity contribution in [2.75, 3.05) is 19.5 Å². The van der Waals surface area contributed by atoms with E-state index >= 15 is 0 Å². The molecule has 31 heavy (non-hydrogen) atoms. The highest BCUT2D eigenvalue weighted by Gasteiger charge is 2.19. The third-order valence-corrected chi connectivity index (χ3v) is 5.09. The molecular weight excluding hydrogens is 460 g/mol. The van der Waals surface area contributed by atoms with E-state index in [2.05, 4.69) is 31.3 Å². The molecule has 1 N–H and O–H groups in total. The largest absolute Gasteiger partial charge is 0.497 e. The van der Waals surface area contributed by atoms with Crippen LogP contribution in [-0.4, -0.2) is 34.9 Å². The standard InChI is InChI=1S/C23H19BrN4O3/c1-30-19-12-10-18(11-13-19)28-22(15-6-8-16(24)9-7-15)26-21(27-28)23(29)25-17-4-3-5-20(14-17)31-2/h3-14H,1-2H3,(H,25,29). The van der Waals surface area contributed by atoms with Crippen molar-refractivity contribution >= 4 is 27.5 Å². The molecule has 0 bridgehead atoms. The van der Waals surface area contributed by atoms with Crippen molar-refractivity contribution in [2.45, 2.75) is 0 Å². The van der Waals surface area contributed by atoms with Crippen molar-refractivity contribution in [3.63, 3.8) is 0 Å². The molecule has 0 saturated heterocycles. The van der Waals surface area contributed by atoms with E-state index in [4.69, 9.17) is 9.47 Å². The molecular formula is C23H19BrN4O3. The molecule has 0 aliphatic carbocycles. The molecule has 8 heteroatoms. The normalized spacial score (nSPS) is 10.5. The maximum absolute atomic E-state index is 12.9. The number of nitrogens with zero attached hydrogens (tertiary/aromatic N) is 3. The van der Waals surface area contributed by atoms with Crippen LogP contribution in [0.5, 0.6) is 11.5 Å². The summed E-state index contributed by atoms with van der Waals surface area (Å²) in [5.74, 6) is 1.55. The highest BCUT2D eigenvalue weighted by Crippen LogP contribution is 2.25. The van der Waals surface area contributed by atoms with E-state index in [1.165, 1.54) is 0 Å². The molecule has 3 aromatic carbocycles. The number of anilines is 1. The van der Waals surface area contributed by atoms with Crippen LogP contribution >= 0.6 is 15.9 Å². The molecule has 0 atom stereocenters. The molecule has 1 heterocycles. The Morgan fingerprint density at radius 1 is 0.935 bits per heavy atom. The van der Waals surface area contributed by atoms with Crippen molar-refractivity contribution in [2.24, 2.45) is 0 Å². The number of benzene rings is 3. The first-order chi connectivity index (χ1) is 15.1. The lowest BCUT2D eigenvalue weighted by atomic mass is 10.2. The van der Waals surface area contributed by atoms with Crippen LogP contribution in [0.3, 0.4) is 0 Å². The van der Waals surface area contributed by atoms with Gasteiger partial charge in [-0.2, -0.15) is 0 Å². The number of rotatable bonds is 6. The van der Waals surface area contributed by atoms with Gasteiger partial charge in [0.15, 0.2) is 5.82 Å². The fourth-order valence-electron chi connectivity index (χ4n) is 2.99. The number of nitrogens with one attached hydrogen (secondary N) is 1. The van der Waals surface area contributed by atoms with Crippen molar-refractivity contribution in [3.8, 4) is 28.6 Å². The van der Waals surface area contributed by atoms with Crippen LogP contribution in [0, 0.1) is 0 Å².